The Morgan fingerprint density at radius 2 is 1.33 bits per heavy atom. The average molecular weight is 544 g/mol. The zero-order valence-electron chi connectivity index (χ0n) is 24.1. The van der Waals surface area contributed by atoms with Crippen molar-refractivity contribution in [2.75, 3.05) is 6.61 Å². The highest BCUT2D eigenvalue weighted by molar-refractivity contribution is 6.99. The van der Waals surface area contributed by atoms with Crippen LogP contribution >= 0.6 is 0 Å². The first-order chi connectivity index (χ1) is 18.9. The molecule has 0 aliphatic carbocycles. The van der Waals surface area contributed by atoms with Gasteiger partial charge in [0.05, 0.1) is 25.4 Å². The van der Waals surface area contributed by atoms with Crippen LogP contribution in [0.5, 0.6) is 0 Å². The minimum atomic E-state index is -2.75. The third kappa shape index (κ3) is 8.54. The normalized spacial score (nSPS) is 13.4. The van der Waals surface area contributed by atoms with Crippen LogP contribution in [0.3, 0.4) is 0 Å². The molecule has 0 aliphatic rings. The highest BCUT2D eigenvalue weighted by atomic mass is 28.4. The van der Waals surface area contributed by atoms with Gasteiger partial charge in [0.25, 0.3) is 8.32 Å². The maximum Gasteiger partial charge on any atom is 0.261 e. The van der Waals surface area contributed by atoms with Gasteiger partial charge in [-0.2, -0.15) is 0 Å². The number of rotatable bonds is 16. The van der Waals surface area contributed by atoms with Crippen LogP contribution in [-0.2, 0) is 15.8 Å². The average Bonchev–Trinajstić information content (AvgIpc) is 2.95. The van der Waals surface area contributed by atoms with Gasteiger partial charge in [-0.25, -0.2) is 0 Å². The molecular formula is C33H45N3O2Si. The van der Waals surface area contributed by atoms with Crippen molar-refractivity contribution in [3.63, 3.8) is 0 Å². The van der Waals surface area contributed by atoms with Crippen molar-refractivity contribution in [1.29, 1.82) is 0 Å². The summed E-state index contributed by atoms with van der Waals surface area (Å²) in [5.74, 6) is 0. The van der Waals surface area contributed by atoms with Crippen LogP contribution in [0, 0.1) is 0 Å². The topological polar surface area (TPSA) is 67.2 Å². The van der Waals surface area contributed by atoms with Crippen LogP contribution in [0.4, 0.5) is 0 Å². The van der Waals surface area contributed by atoms with Gasteiger partial charge in [-0.05, 0) is 32.9 Å². The maximum absolute atomic E-state index is 9.50. The second kappa shape index (κ2) is 15.6. The minimum absolute atomic E-state index is 0.145. The molecule has 3 aromatic carbocycles. The van der Waals surface area contributed by atoms with Crippen molar-refractivity contribution in [1.82, 2.24) is 0 Å². The molecule has 0 heterocycles. The standard InChI is InChI=1S/C33H45N3O2Si/c1-5-6-7-8-18-25-31(35-36-34)32(37-26-28-19-12-9-13-20-28)27-38-39(33(2,3)4,29-21-14-10-15-22-29)30-23-16-11-17-24-30/h9-17,19-24,31-32H,5-8,18,25-27H2,1-4H3/t31-,32+/m0/s1. The summed E-state index contributed by atoms with van der Waals surface area (Å²) >= 11 is 0. The first-order valence-corrected chi connectivity index (χ1v) is 16.3. The fraction of sp³-hybridized carbons (Fsp3) is 0.455. The predicted molar refractivity (Wildman–Crippen MR) is 165 cm³/mol. The highest BCUT2D eigenvalue weighted by Gasteiger charge is 2.50. The van der Waals surface area contributed by atoms with E-state index < -0.39 is 8.32 Å². The van der Waals surface area contributed by atoms with E-state index in [2.05, 4.69) is 111 Å². The minimum Gasteiger partial charge on any atom is -0.405 e. The molecule has 0 spiro atoms. The lowest BCUT2D eigenvalue weighted by atomic mass is 10.0. The van der Waals surface area contributed by atoms with Crippen LogP contribution in [-0.4, -0.2) is 27.1 Å². The van der Waals surface area contributed by atoms with Gasteiger partial charge in [0.15, 0.2) is 0 Å². The van der Waals surface area contributed by atoms with E-state index in [0.29, 0.717) is 13.2 Å². The number of benzene rings is 3. The summed E-state index contributed by atoms with van der Waals surface area (Å²) in [7, 11) is -2.75. The Balaban J connectivity index is 1.95. The molecule has 0 amide bonds. The Labute approximate surface area is 236 Å². The van der Waals surface area contributed by atoms with Crippen molar-refractivity contribution >= 4 is 18.7 Å². The highest BCUT2D eigenvalue weighted by Crippen LogP contribution is 2.37. The lowest BCUT2D eigenvalue weighted by molar-refractivity contribution is -0.00985. The van der Waals surface area contributed by atoms with E-state index >= 15 is 0 Å². The van der Waals surface area contributed by atoms with E-state index in [9.17, 15) is 5.53 Å². The van der Waals surface area contributed by atoms with Gasteiger partial charge in [0.2, 0.25) is 0 Å². The SMILES string of the molecule is CCCCCCC[C@H](N=[N+]=[N-])[C@@H](CO[Si](c1ccccc1)(c1ccccc1)C(C)(C)C)OCc1ccccc1. The van der Waals surface area contributed by atoms with Crippen molar-refractivity contribution in [3.8, 4) is 0 Å². The fourth-order valence-electron chi connectivity index (χ4n) is 5.36. The zero-order chi connectivity index (χ0) is 28.0. The van der Waals surface area contributed by atoms with Gasteiger partial charge >= 0.3 is 0 Å². The third-order valence-electron chi connectivity index (χ3n) is 7.42. The Hall–Kier alpha value is -2.89. The van der Waals surface area contributed by atoms with Gasteiger partial charge in [-0.3, -0.25) is 0 Å². The van der Waals surface area contributed by atoms with E-state index in [-0.39, 0.29) is 17.2 Å². The van der Waals surface area contributed by atoms with Gasteiger partial charge in [0.1, 0.15) is 0 Å². The summed E-state index contributed by atoms with van der Waals surface area (Å²) in [6.45, 7) is 9.85. The molecule has 0 N–H and O–H groups in total. The summed E-state index contributed by atoms with van der Waals surface area (Å²) in [5, 5.41) is 6.56. The van der Waals surface area contributed by atoms with Gasteiger partial charge in [0, 0.05) is 4.91 Å². The van der Waals surface area contributed by atoms with Crippen LogP contribution in [0.15, 0.2) is 96.1 Å². The maximum atomic E-state index is 9.50. The Kier molecular flexibility index (Phi) is 12.3. The van der Waals surface area contributed by atoms with E-state index in [0.717, 1.165) is 24.8 Å². The molecule has 0 bridgehead atoms. The predicted octanol–water partition coefficient (Wildman–Crippen LogP) is 8.19. The van der Waals surface area contributed by atoms with Crippen LogP contribution < -0.4 is 10.4 Å². The third-order valence-corrected chi connectivity index (χ3v) is 12.4. The lowest BCUT2D eigenvalue weighted by Crippen LogP contribution is -2.67. The van der Waals surface area contributed by atoms with E-state index in [1.165, 1.54) is 29.6 Å². The number of azide groups is 1. The van der Waals surface area contributed by atoms with Gasteiger partial charge in [-0.15, -0.1) is 0 Å². The largest absolute Gasteiger partial charge is 0.405 e. The molecule has 6 heteroatoms. The van der Waals surface area contributed by atoms with Crippen molar-refractivity contribution in [2.24, 2.45) is 5.11 Å². The Bertz CT molecular complexity index is 1090. The van der Waals surface area contributed by atoms with Gasteiger partial charge in [-0.1, -0.05) is 156 Å². The summed E-state index contributed by atoms with van der Waals surface area (Å²) in [4.78, 5) is 3.24. The molecule has 5 nitrogen and oxygen atoms in total. The molecule has 0 unspecified atom stereocenters. The summed E-state index contributed by atoms with van der Waals surface area (Å²) in [6.07, 6.45) is 6.21. The fourth-order valence-corrected chi connectivity index (χ4v) is 9.93. The van der Waals surface area contributed by atoms with Crippen molar-refractivity contribution in [2.45, 2.75) is 90.0 Å². The molecule has 0 saturated carbocycles. The van der Waals surface area contributed by atoms with E-state index in [4.69, 9.17) is 9.16 Å². The molecule has 3 aromatic rings. The monoisotopic (exact) mass is 543 g/mol. The molecule has 0 fully saturated rings. The van der Waals surface area contributed by atoms with E-state index in [1.807, 2.05) is 18.2 Å². The van der Waals surface area contributed by atoms with Crippen molar-refractivity contribution < 1.29 is 9.16 Å². The second-order valence-electron chi connectivity index (χ2n) is 11.3. The Morgan fingerprint density at radius 3 is 1.85 bits per heavy atom. The summed E-state index contributed by atoms with van der Waals surface area (Å²) in [6, 6.07) is 31.2. The van der Waals surface area contributed by atoms with Crippen LogP contribution in [0.2, 0.25) is 5.04 Å². The first kappa shape index (κ1) is 30.6. The van der Waals surface area contributed by atoms with Crippen molar-refractivity contribution in [3.05, 3.63) is 107 Å². The number of hydrogen-bond acceptors (Lipinski definition) is 3. The van der Waals surface area contributed by atoms with Gasteiger partial charge < -0.3 is 9.16 Å². The molecule has 0 saturated heterocycles. The van der Waals surface area contributed by atoms with E-state index in [1.54, 1.807) is 0 Å². The first-order valence-electron chi connectivity index (χ1n) is 14.4. The number of unbranched alkanes of at least 4 members (excludes halogenated alkanes) is 4. The number of hydrogen-bond donors (Lipinski definition) is 0. The summed E-state index contributed by atoms with van der Waals surface area (Å²) in [5.41, 5.74) is 10.6. The molecule has 0 radical (unpaired) electrons. The Morgan fingerprint density at radius 1 is 0.795 bits per heavy atom. The molecular weight excluding hydrogens is 498 g/mol. The number of nitrogens with zero attached hydrogens (tertiary/aromatic N) is 3. The zero-order valence-corrected chi connectivity index (χ0v) is 25.1. The van der Waals surface area contributed by atoms with Crippen LogP contribution in [0.25, 0.3) is 10.4 Å². The smallest absolute Gasteiger partial charge is 0.261 e. The molecule has 39 heavy (non-hydrogen) atoms. The quantitative estimate of drug-likeness (QED) is 0.0601. The molecule has 0 aromatic heterocycles. The molecule has 0 aliphatic heterocycles. The second-order valence-corrected chi connectivity index (χ2v) is 15.6. The lowest BCUT2D eigenvalue weighted by Gasteiger charge is -2.44. The molecule has 2 atom stereocenters. The molecule has 3 rings (SSSR count). The van der Waals surface area contributed by atoms with Crippen LogP contribution in [0.1, 0.15) is 71.8 Å². The summed E-state index contributed by atoms with van der Waals surface area (Å²) < 4.78 is 13.8. The molecule has 208 valence electrons. The number of ether oxygens (including phenoxy) is 1.